The van der Waals surface area contributed by atoms with Crippen molar-refractivity contribution in [3.05, 3.63) is 24.3 Å². The highest BCUT2D eigenvalue weighted by molar-refractivity contribution is 5.79. The second-order valence-electron chi connectivity index (χ2n) is 7.14. The Morgan fingerprint density at radius 1 is 0.889 bits per heavy atom. The number of aliphatic hydroxyl groups excluding tert-OH is 1. The van der Waals surface area contributed by atoms with Crippen LogP contribution < -0.4 is 0 Å². The zero-order valence-corrected chi connectivity index (χ0v) is 17.5. The van der Waals surface area contributed by atoms with Crippen LogP contribution in [0.1, 0.15) is 97.3 Å². The number of aliphatic hydroxyl groups is 1. The van der Waals surface area contributed by atoms with Crippen molar-refractivity contribution >= 4 is 11.8 Å². The number of unbranched alkanes of at least 4 members (excludes halogenated alkanes) is 8. The third kappa shape index (κ3) is 19.2. The van der Waals surface area contributed by atoms with Crippen LogP contribution in [0, 0.1) is 0 Å². The lowest BCUT2D eigenvalue weighted by Crippen LogP contribution is -2.23. The van der Waals surface area contributed by atoms with Crippen molar-refractivity contribution in [2.24, 2.45) is 0 Å². The van der Waals surface area contributed by atoms with E-state index >= 15 is 0 Å². The Balaban J connectivity index is 3.47. The van der Waals surface area contributed by atoms with E-state index in [4.69, 9.17) is 9.84 Å². The molecule has 4 heteroatoms. The van der Waals surface area contributed by atoms with Gasteiger partial charge < -0.3 is 9.84 Å². The minimum absolute atomic E-state index is 0.0565. The molecular formula is C23H40O4. The second kappa shape index (κ2) is 19.3. The highest BCUT2D eigenvalue weighted by Gasteiger charge is 2.15. The zero-order chi connectivity index (χ0) is 20.2. The number of Topliss-reactive ketones (excluding diaryl/α,β-unsaturated/α-hetero) is 1. The molecule has 0 spiro atoms. The monoisotopic (exact) mass is 380 g/mol. The first-order chi connectivity index (χ1) is 13.1. The quantitative estimate of drug-likeness (QED) is 0.189. The standard InChI is InChI=1S/C23H40O4/c1-3-4-5-6-7-8-9-10-11-12-13-14-15-16-17-18-22(26)19-23(20-24)27-21(2)25/h7-8,10-11,23-24H,3-6,9,12-20H2,1-2H3/b8-7-,11-10-/t23-/m0/s1. The smallest absolute Gasteiger partial charge is 0.302 e. The van der Waals surface area contributed by atoms with E-state index in [9.17, 15) is 9.59 Å². The molecule has 0 aliphatic rings. The summed E-state index contributed by atoms with van der Waals surface area (Å²) in [6.07, 6.45) is 21.7. The van der Waals surface area contributed by atoms with Crippen molar-refractivity contribution in [1.29, 1.82) is 0 Å². The molecule has 0 fully saturated rings. The Morgan fingerprint density at radius 3 is 2.07 bits per heavy atom. The topological polar surface area (TPSA) is 63.6 Å². The average Bonchev–Trinajstić information content (AvgIpc) is 2.64. The number of ketones is 1. The molecule has 0 heterocycles. The van der Waals surface area contributed by atoms with Crippen LogP contribution in [0.25, 0.3) is 0 Å². The lowest BCUT2D eigenvalue weighted by molar-refractivity contribution is -0.149. The molecule has 0 unspecified atom stereocenters. The fourth-order valence-electron chi connectivity index (χ4n) is 2.87. The number of ether oxygens (including phenoxy) is 1. The molecular weight excluding hydrogens is 340 g/mol. The lowest BCUT2D eigenvalue weighted by Gasteiger charge is -2.13. The highest BCUT2D eigenvalue weighted by Crippen LogP contribution is 2.10. The summed E-state index contributed by atoms with van der Waals surface area (Å²) in [4.78, 5) is 22.7. The summed E-state index contributed by atoms with van der Waals surface area (Å²) >= 11 is 0. The number of hydrogen-bond acceptors (Lipinski definition) is 4. The molecule has 156 valence electrons. The zero-order valence-electron chi connectivity index (χ0n) is 17.5. The average molecular weight is 381 g/mol. The van der Waals surface area contributed by atoms with Crippen molar-refractivity contribution in [3.63, 3.8) is 0 Å². The largest absolute Gasteiger partial charge is 0.460 e. The molecule has 1 N–H and O–H groups in total. The molecule has 27 heavy (non-hydrogen) atoms. The fourth-order valence-corrected chi connectivity index (χ4v) is 2.87. The fraction of sp³-hybridized carbons (Fsp3) is 0.739. The molecule has 0 aromatic heterocycles. The van der Waals surface area contributed by atoms with Crippen LogP contribution in [0.4, 0.5) is 0 Å². The third-order valence-corrected chi connectivity index (χ3v) is 4.40. The molecule has 0 aromatic rings. The molecule has 0 saturated heterocycles. The molecule has 0 bridgehead atoms. The van der Waals surface area contributed by atoms with E-state index in [1.807, 2.05) is 0 Å². The van der Waals surface area contributed by atoms with E-state index < -0.39 is 12.1 Å². The summed E-state index contributed by atoms with van der Waals surface area (Å²) in [5, 5.41) is 9.09. The van der Waals surface area contributed by atoms with Gasteiger partial charge in [0.15, 0.2) is 0 Å². The first kappa shape index (κ1) is 25.6. The number of esters is 1. The SMILES string of the molecule is CCCCC/C=C\C/C=C\CCCCCCCC(=O)C[C@@H](CO)OC(C)=O. The summed E-state index contributed by atoms with van der Waals surface area (Å²) < 4.78 is 4.88. The predicted molar refractivity (Wildman–Crippen MR) is 112 cm³/mol. The van der Waals surface area contributed by atoms with Gasteiger partial charge in [0.1, 0.15) is 11.9 Å². The van der Waals surface area contributed by atoms with Crippen LogP contribution in [-0.4, -0.2) is 29.6 Å². The Morgan fingerprint density at radius 2 is 1.48 bits per heavy atom. The van der Waals surface area contributed by atoms with Crippen molar-refractivity contribution in [3.8, 4) is 0 Å². The number of carbonyl (C=O) groups is 2. The maximum atomic E-state index is 11.8. The van der Waals surface area contributed by atoms with Crippen molar-refractivity contribution in [2.75, 3.05) is 6.61 Å². The van der Waals surface area contributed by atoms with Gasteiger partial charge in [-0.3, -0.25) is 9.59 Å². The van der Waals surface area contributed by atoms with E-state index in [0.717, 1.165) is 32.1 Å². The summed E-state index contributed by atoms with van der Waals surface area (Å²) in [5.74, 6) is -0.403. The van der Waals surface area contributed by atoms with Crippen molar-refractivity contribution in [2.45, 2.75) is 103 Å². The van der Waals surface area contributed by atoms with Crippen LogP contribution in [-0.2, 0) is 14.3 Å². The van der Waals surface area contributed by atoms with E-state index in [1.54, 1.807) is 0 Å². The summed E-state index contributed by atoms with van der Waals surface area (Å²) in [7, 11) is 0. The Kier molecular flexibility index (Phi) is 18.3. The van der Waals surface area contributed by atoms with Crippen LogP contribution in [0.2, 0.25) is 0 Å². The molecule has 0 saturated carbocycles. The van der Waals surface area contributed by atoms with E-state index in [2.05, 4.69) is 31.2 Å². The van der Waals surface area contributed by atoms with Gasteiger partial charge in [-0.15, -0.1) is 0 Å². The normalized spacial score (nSPS) is 12.7. The molecule has 0 aromatic carbocycles. The third-order valence-electron chi connectivity index (χ3n) is 4.40. The first-order valence-electron chi connectivity index (χ1n) is 10.7. The second-order valence-corrected chi connectivity index (χ2v) is 7.14. The Hall–Kier alpha value is -1.42. The van der Waals surface area contributed by atoms with E-state index in [0.29, 0.717) is 6.42 Å². The maximum Gasteiger partial charge on any atom is 0.302 e. The van der Waals surface area contributed by atoms with E-state index in [-0.39, 0.29) is 18.8 Å². The summed E-state index contributed by atoms with van der Waals surface area (Å²) in [6.45, 7) is 3.22. The number of rotatable bonds is 18. The van der Waals surface area contributed by atoms with Crippen LogP contribution in [0.15, 0.2) is 24.3 Å². The van der Waals surface area contributed by atoms with Gasteiger partial charge in [-0.25, -0.2) is 0 Å². The molecule has 0 aliphatic carbocycles. The Labute approximate surface area is 166 Å². The van der Waals surface area contributed by atoms with Gasteiger partial charge in [0, 0.05) is 19.8 Å². The van der Waals surface area contributed by atoms with Gasteiger partial charge in [0.2, 0.25) is 0 Å². The van der Waals surface area contributed by atoms with E-state index in [1.165, 1.54) is 45.4 Å². The Bertz CT molecular complexity index is 426. The van der Waals surface area contributed by atoms with Crippen molar-refractivity contribution in [1.82, 2.24) is 0 Å². The molecule has 0 radical (unpaired) electrons. The molecule has 0 aliphatic heterocycles. The van der Waals surface area contributed by atoms with Gasteiger partial charge in [0.05, 0.1) is 6.61 Å². The predicted octanol–water partition coefficient (Wildman–Crippen LogP) is 5.68. The minimum Gasteiger partial charge on any atom is -0.460 e. The van der Waals surface area contributed by atoms with Crippen molar-refractivity contribution < 1.29 is 19.4 Å². The molecule has 0 rings (SSSR count). The summed E-state index contributed by atoms with van der Waals surface area (Å²) in [6, 6.07) is 0. The van der Waals surface area contributed by atoms with Gasteiger partial charge in [0.25, 0.3) is 0 Å². The van der Waals surface area contributed by atoms with Crippen LogP contribution in [0.5, 0.6) is 0 Å². The summed E-state index contributed by atoms with van der Waals surface area (Å²) in [5.41, 5.74) is 0. The van der Waals surface area contributed by atoms with Crippen LogP contribution in [0.3, 0.4) is 0 Å². The number of allylic oxidation sites excluding steroid dienone is 4. The lowest BCUT2D eigenvalue weighted by atomic mass is 10.0. The van der Waals surface area contributed by atoms with Gasteiger partial charge in [-0.1, -0.05) is 63.3 Å². The van der Waals surface area contributed by atoms with Crippen LogP contribution >= 0.6 is 0 Å². The van der Waals surface area contributed by atoms with Gasteiger partial charge in [-0.05, 0) is 38.5 Å². The minimum atomic E-state index is -0.687. The van der Waals surface area contributed by atoms with Gasteiger partial charge >= 0.3 is 5.97 Å². The molecule has 1 atom stereocenters. The molecule has 0 amide bonds. The van der Waals surface area contributed by atoms with Gasteiger partial charge in [-0.2, -0.15) is 0 Å². The number of carbonyl (C=O) groups excluding carboxylic acids is 2. The number of hydrogen-bond donors (Lipinski definition) is 1. The highest BCUT2D eigenvalue weighted by atomic mass is 16.5. The maximum absolute atomic E-state index is 11.8. The first-order valence-corrected chi connectivity index (χ1v) is 10.7. The molecule has 4 nitrogen and oxygen atoms in total.